The first-order valence-electron chi connectivity index (χ1n) is 14.7. The fraction of sp³-hybridized carbons (Fsp3) is 0.424. The van der Waals surface area contributed by atoms with Crippen LogP contribution in [0.2, 0.25) is 0 Å². The summed E-state index contributed by atoms with van der Waals surface area (Å²) >= 11 is 0. The molecule has 3 aromatic carbocycles. The number of rotatable bonds is 10. The van der Waals surface area contributed by atoms with Gasteiger partial charge in [-0.25, -0.2) is 9.18 Å². The summed E-state index contributed by atoms with van der Waals surface area (Å²) in [4.78, 5) is 31.1. The first-order chi connectivity index (χ1) is 20.3. The van der Waals surface area contributed by atoms with Gasteiger partial charge in [0.2, 0.25) is 0 Å². The smallest absolute Gasteiger partial charge is 0.404 e. The number of amides is 2. The molecule has 5 rings (SSSR count). The number of nitrogens with one attached hydrogen (secondary N) is 1. The van der Waals surface area contributed by atoms with Gasteiger partial charge in [0, 0.05) is 50.7 Å². The standard InChI is InChI=1S/C33H38FN5O3/c1-37(32(40)31-17-24(18-35)16-26-4-2-3-5-30(26)31)20-27(25-6-8-28(34)9-7-25)12-13-38-21-29(22-38)39-14-10-23(11-15-39)19-36-33(41)42/h2-9,16-17,23,27,29,36H,10-15,19-22H2,1H3,(H,41,42). The van der Waals surface area contributed by atoms with Gasteiger partial charge in [-0.2, -0.15) is 5.26 Å². The van der Waals surface area contributed by atoms with E-state index in [1.807, 2.05) is 36.4 Å². The van der Waals surface area contributed by atoms with Crippen molar-refractivity contribution >= 4 is 22.8 Å². The van der Waals surface area contributed by atoms with E-state index >= 15 is 0 Å². The lowest BCUT2D eigenvalue weighted by Gasteiger charge is -2.48. The van der Waals surface area contributed by atoms with Crippen molar-refractivity contribution in [1.29, 1.82) is 5.26 Å². The summed E-state index contributed by atoms with van der Waals surface area (Å²) in [6, 6.07) is 20.3. The van der Waals surface area contributed by atoms with Crippen LogP contribution in [0.15, 0.2) is 60.7 Å². The lowest BCUT2D eigenvalue weighted by atomic mass is 9.92. The Morgan fingerprint density at radius 2 is 1.83 bits per heavy atom. The molecule has 2 heterocycles. The van der Waals surface area contributed by atoms with Gasteiger partial charge in [-0.3, -0.25) is 9.69 Å². The summed E-state index contributed by atoms with van der Waals surface area (Å²) < 4.78 is 13.7. The van der Waals surface area contributed by atoms with E-state index in [1.165, 1.54) is 12.1 Å². The predicted molar refractivity (Wildman–Crippen MR) is 160 cm³/mol. The number of likely N-dealkylation sites (tertiary alicyclic amines) is 2. The van der Waals surface area contributed by atoms with Crippen molar-refractivity contribution in [3.8, 4) is 6.07 Å². The highest BCUT2D eigenvalue weighted by Gasteiger charge is 2.34. The van der Waals surface area contributed by atoms with Crippen molar-refractivity contribution < 1.29 is 19.1 Å². The van der Waals surface area contributed by atoms with Crippen LogP contribution < -0.4 is 5.32 Å². The van der Waals surface area contributed by atoms with Crippen LogP contribution in [0, 0.1) is 23.1 Å². The number of fused-ring (bicyclic) bond motifs is 1. The zero-order valence-corrected chi connectivity index (χ0v) is 24.0. The molecule has 2 aliphatic rings. The second-order valence-corrected chi connectivity index (χ2v) is 11.7. The first-order valence-corrected chi connectivity index (χ1v) is 14.7. The van der Waals surface area contributed by atoms with E-state index in [-0.39, 0.29) is 17.6 Å². The average Bonchev–Trinajstić information content (AvgIpc) is 2.98. The number of carboxylic acid groups (broad SMARTS) is 1. The Balaban J connectivity index is 1.19. The van der Waals surface area contributed by atoms with E-state index in [4.69, 9.17) is 5.11 Å². The molecule has 0 saturated carbocycles. The number of nitriles is 1. The minimum Gasteiger partial charge on any atom is -0.465 e. The Hall–Kier alpha value is -4.00. The zero-order valence-electron chi connectivity index (χ0n) is 24.0. The number of carbonyl (C=O) groups excluding carboxylic acids is 1. The highest BCUT2D eigenvalue weighted by Crippen LogP contribution is 2.28. The molecule has 0 aromatic heterocycles. The fourth-order valence-corrected chi connectivity index (χ4v) is 6.32. The van der Waals surface area contributed by atoms with Gasteiger partial charge in [0.05, 0.1) is 11.6 Å². The molecule has 2 amide bonds. The lowest BCUT2D eigenvalue weighted by molar-refractivity contribution is 0.0129. The number of piperidine rings is 1. The molecular formula is C33H38FN5O3. The minimum absolute atomic E-state index is 0.0292. The molecule has 2 fully saturated rings. The monoisotopic (exact) mass is 571 g/mol. The van der Waals surface area contributed by atoms with E-state index in [1.54, 1.807) is 24.1 Å². The van der Waals surface area contributed by atoms with Gasteiger partial charge in [-0.15, -0.1) is 0 Å². The maximum absolute atomic E-state index is 13.7. The van der Waals surface area contributed by atoms with Gasteiger partial charge in [-0.05, 0) is 85.4 Å². The number of likely N-dealkylation sites (N-methyl/N-ethyl adjacent to an activating group) is 1. The van der Waals surface area contributed by atoms with Gasteiger partial charge in [-0.1, -0.05) is 36.4 Å². The molecular weight excluding hydrogens is 533 g/mol. The summed E-state index contributed by atoms with van der Waals surface area (Å²) in [5, 5.41) is 22.6. The van der Waals surface area contributed by atoms with Crippen molar-refractivity contribution in [1.82, 2.24) is 20.0 Å². The molecule has 1 atom stereocenters. The number of nitrogens with zero attached hydrogens (tertiary/aromatic N) is 4. The van der Waals surface area contributed by atoms with E-state index in [0.717, 1.165) is 68.3 Å². The third-order valence-electron chi connectivity index (χ3n) is 8.84. The molecule has 0 aliphatic carbocycles. The van der Waals surface area contributed by atoms with Gasteiger partial charge in [0.15, 0.2) is 0 Å². The van der Waals surface area contributed by atoms with Gasteiger partial charge in [0.25, 0.3) is 5.91 Å². The van der Waals surface area contributed by atoms with Crippen LogP contribution in [-0.2, 0) is 0 Å². The molecule has 2 N–H and O–H groups in total. The normalized spacial score (nSPS) is 17.4. The van der Waals surface area contributed by atoms with E-state index in [9.17, 15) is 19.2 Å². The van der Waals surface area contributed by atoms with Gasteiger partial charge >= 0.3 is 6.09 Å². The van der Waals surface area contributed by atoms with Crippen LogP contribution in [0.1, 0.15) is 46.7 Å². The minimum atomic E-state index is -0.955. The highest BCUT2D eigenvalue weighted by atomic mass is 19.1. The highest BCUT2D eigenvalue weighted by molar-refractivity contribution is 6.07. The molecule has 3 aromatic rings. The number of hydrogen-bond acceptors (Lipinski definition) is 5. The summed E-state index contributed by atoms with van der Waals surface area (Å²) in [5.74, 6) is 0.0164. The topological polar surface area (TPSA) is 99.9 Å². The van der Waals surface area contributed by atoms with Crippen molar-refractivity contribution in [2.45, 2.75) is 31.2 Å². The van der Waals surface area contributed by atoms with Crippen molar-refractivity contribution in [2.75, 3.05) is 52.9 Å². The first kappa shape index (κ1) is 29.5. The number of hydrogen-bond donors (Lipinski definition) is 2. The lowest BCUT2D eigenvalue weighted by Crippen LogP contribution is -2.61. The molecule has 9 heteroatoms. The largest absolute Gasteiger partial charge is 0.465 e. The maximum Gasteiger partial charge on any atom is 0.404 e. The van der Waals surface area contributed by atoms with Crippen LogP contribution in [0.3, 0.4) is 0 Å². The molecule has 8 nitrogen and oxygen atoms in total. The number of carbonyl (C=O) groups is 2. The second-order valence-electron chi connectivity index (χ2n) is 11.7. The molecule has 1 unspecified atom stereocenters. The Morgan fingerprint density at radius 1 is 1.12 bits per heavy atom. The van der Waals surface area contributed by atoms with Crippen molar-refractivity contribution in [3.63, 3.8) is 0 Å². The molecule has 0 radical (unpaired) electrons. The molecule has 2 aliphatic heterocycles. The maximum atomic E-state index is 13.7. The van der Waals surface area contributed by atoms with Crippen molar-refractivity contribution in [2.24, 2.45) is 5.92 Å². The molecule has 0 spiro atoms. The van der Waals surface area contributed by atoms with E-state index in [2.05, 4.69) is 21.2 Å². The summed E-state index contributed by atoms with van der Waals surface area (Å²) in [6.45, 7) is 5.87. The molecule has 220 valence electrons. The van der Waals surface area contributed by atoms with Crippen LogP contribution in [0.5, 0.6) is 0 Å². The van der Waals surface area contributed by atoms with Crippen LogP contribution >= 0.6 is 0 Å². The van der Waals surface area contributed by atoms with Crippen LogP contribution in [0.25, 0.3) is 10.8 Å². The summed E-state index contributed by atoms with van der Waals surface area (Å²) in [5.41, 5.74) is 1.97. The van der Waals surface area contributed by atoms with Crippen LogP contribution in [0.4, 0.5) is 9.18 Å². The second kappa shape index (κ2) is 13.3. The molecule has 0 bridgehead atoms. The fourth-order valence-electron chi connectivity index (χ4n) is 6.32. The summed E-state index contributed by atoms with van der Waals surface area (Å²) in [6.07, 6.45) is 1.90. The molecule has 2 saturated heterocycles. The SMILES string of the molecule is CN(CC(CCN1CC(N2CCC(CNC(=O)O)CC2)C1)c1ccc(F)cc1)C(=O)c1cc(C#N)cc2ccccc12. The van der Waals surface area contributed by atoms with E-state index in [0.29, 0.717) is 36.2 Å². The quantitative estimate of drug-likeness (QED) is 0.364. The number of benzene rings is 3. The average molecular weight is 572 g/mol. The Labute approximate surface area is 246 Å². The third kappa shape index (κ3) is 7.07. The third-order valence-corrected chi connectivity index (χ3v) is 8.84. The zero-order chi connectivity index (χ0) is 29.6. The number of halogens is 1. The Bertz CT molecular complexity index is 1440. The van der Waals surface area contributed by atoms with Crippen molar-refractivity contribution in [3.05, 3.63) is 83.2 Å². The van der Waals surface area contributed by atoms with Crippen LogP contribution in [-0.4, -0.2) is 90.7 Å². The van der Waals surface area contributed by atoms with E-state index < -0.39 is 6.09 Å². The summed E-state index contributed by atoms with van der Waals surface area (Å²) in [7, 11) is 1.79. The Morgan fingerprint density at radius 3 is 2.52 bits per heavy atom. The van der Waals surface area contributed by atoms with Gasteiger partial charge < -0.3 is 20.2 Å². The molecule has 42 heavy (non-hydrogen) atoms. The Kier molecular flexibility index (Phi) is 9.35. The predicted octanol–water partition coefficient (Wildman–Crippen LogP) is 4.76. The van der Waals surface area contributed by atoms with Gasteiger partial charge in [0.1, 0.15) is 5.82 Å².